The van der Waals surface area contributed by atoms with Gasteiger partial charge in [-0.15, -0.1) is 0 Å². The minimum Gasteiger partial charge on any atom is -0.307 e. The Labute approximate surface area is 122 Å². The quantitative estimate of drug-likeness (QED) is 0.668. The number of rotatable bonds is 4. The van der Waals surface area contributed by atoms with Crippen molar-refractivity contribution in [3.05, 3.63) is 57.4 Å². The summed E-state index contributed by atoms with van der Waals surface area (Å²) < 4.78 is 0. The van der Waals surface area contributed by atoms with Crippen LogP contribution in [0.4, 0.5) is 5.69 Å². The Morgan fingerprint density at radius 2 is 2.19 bits per heavy atom. The molecule has 0 saturated heterocycles. The van der Waals surface area contributed by atoms with Crippen LogP contribution in [0, 0.1) is 10.1 Å². The summed E-state index contributed by atoms with van der Waals surface area (Å²) >= 11 is 0. The maximum atomic E-state index is 10.7. The predicted molar refractivity (Wildman–Crippen MR) is 79.0 cm³/mol. The topological polar surface area (TPSA) is 83.8 Å². The molecule has 0 unspecified atom stereocenters. The molecule has 0 spiro atoms. The van der Waals surface area contributed by atoms with Crippen molar-refractivity contribution in [3.63, 3.8) is 0 Å². The lowest BCUT2D eigenvalue weighted by Crippen LogP contribution is -2.36. The molecule has 2 N–H and O–H groups in total. The van der Waals surface area contributed by atoms with Crippen LogP contribution in [0.3, 0.4) is 0 Å². The molecule has 2 aromatic rings. The fraction of sp³-hybridized carbons (Fsp3) is 0.400. The second kappa shape index (κ2) is 5.65. The number of nitrogens with zero attached hydrogens (tertiary/aromatic N) is 2. The maximum Gasteiger partial charge on any atom is 0.269 e. The molecule has 0 radical (unpaired) electrons. The zero-order chi connectivity index (χ0) is 14.8. The van der Waals surface area contributed by atoms with E-state index in [2.05, 4.69) is 22.4 Å². The molecule has 6 nitrogen and oxygen atoms in total. The maximum absolute atomic E-state index is 10.7. The summed E-state index contributed by atoms with van der Waals surface area (Å²) in [7, 11) is 0. The third-order valence-electron chi connectivity index (χ3n) is 4.11. The number of hydrogen-bond donors (Lipinski definition) is 2. The van der Waals surface area contributed by atoms with Crippen LogP contribution in [-0.4, -0.2) is 21.2 Å². The van der Waals surface area contributed by atoms with Crippen LogP contribution in [0.25, 0.3) is 0 Å². The number of nitro groups is 1. The number of aromatic nitrogens is 2. The molecule has 1 aliphatic carbocycles. The van der Waals surface area contributed by atoms with E-state index in [1.807, 2.05) is 18.3 Å². The number of hydrogen-bond acceptors (Lipinski definition) is 4. The molecule has 0 aliphatic heterocycles. The van der Waals surface area contributed by atoms with E-state index in [1.165, 1.54) is 11.3 Å². The SMILES string of the molecule is C[C@H](N[C@H]1CCc2[nH]ncc2C1)c1ccc([N+](=O)[O-])cc1. The van der Waals surface area contributed by atoms with Gasteiger partial charge in [0.1, 0.15) is 0 Å². The number of nitro benzene ring substituents is 1. The van der Waals surface area contributed by atoms with E-state index in [0.29, 0.717) is 6.04 Å². The molecule has 110 valence electrons. The van der Waals surface area contributed by atoms with Gasteiger partial charge in [-0.25, -0.2) is 0 Å². The summed E-state index contributed by atoms with van der Waals surface area (Å²) in [5.41, 5.74) is 3.73. The molecule has 2 atom stereocenters. The normalized spacial score (nSPS) is 19.0. The van der Waals surface area contributed by atoms with Crippen molar-refractivity contribution >= 4 is 5.69 Å². The van der Waals surface area contributed by atoms with E-state index in [1.54, 1.807) is 12.1 Å². The number of non-ortho nitro benzene ring substituents is 1. The van der Waals surface area contributed by atoms with Gasteiger partial charge in [0.05, 0.1) is 11.1 Å². The van der Waals surface area contributed by atoms with Crippen LogP contribution in [0.2, 0.25) is 0 Å². The Kier molecular flexibility index (Phi) is 3.70. The van der Waals surface area contributed by atoms with Crippen LogP contribution >= 0.6 is 0 Å². The zero-order valence-corrected chi connectivity index (χ0v) is 11.9. The lowest BCUT2D eigenvalue weighted by atomic mass is 9.92. The summed E-state index contributed by atoms with van der Waals surface area (Å²) in [6, 6.07) is 7.35. The smallest absolute Gasteiger partial charge is 0.269 e. The third kappa shape index (κ3) is 2.95. The van der Waals surface area contributed by atoms with E-state index in [-0.39, 0.29) is 16.7 Å². The summed E-state index contributed by atoms with van der Waals surface area (Å²) in [4.78, 5) is 10.3. The van der Waals surface area contributed by atoms with Gasteiger partial charge in [0, 0.05) is 29.9 Å². The van der Waals surface area contributed by atoms with Crippen molar-refractivity contribution in [2.45, 2.75) is 38.3 Å². The fourth-order valence-corrected chi connectivity index (χ4v) is 2.89. The Balaban J connectivity index is 1.64. The van der Waals surface area contributed by atoms with Gasteiger partial charge in [0.2, 0.25) is 0 Å². The molecule has 21 heavy (non-hydrogen) atoms. The number of aromatic amines is 1. The molecule has 1 aromatic carbocycles. The Hall–Kier alpha value is -2.21. The molecular weight excluding hydrogens is 268 g/mol. The van der Waals surface area contributed by atoms with E-state index in [4.69, 9.17) is 0 Å². The van der Waals surface area contributed by atoms with E-state index < -0.39 is 0 Å². The monoisotopic (exact) mass is 286 g/mol. The van der Waals surface area contributed by atoms with E-state index in [9.17, 15) is 10.1 Å². The highest BCUT2D eigenvalue weighted by Gasteiger charge is 2.21. The van der Waals surface area contributed by atoms with Gasteiger partial charge in [-0.3, -0.25) is 15.2 Å². The largest absolute Gasteiger partial charge is 0.307 e. The first kappa shape index (κ1) is 13.8. The van der Waals surface area contributed by atoms with Crippen molar-refractivity contribution in [1.82, 2.24) is 15.5 Å². The molecule has 3 rings (SSSR count). The van der Waals surface area contributed by atoms with Gasteiger partial charge in [0.15, 0.2) is 0 Å². The molecule has 1 aromatic heterocycles. The number of fused-ring (bicyclic) bond motifs is 1. The van der Waals surface area contributed by atoms with Gasteiger partial charge in [-0.2, -0.15) is 5.10 Å². The first-order chi connectivity index (χ1) is 10.1. The molecule has 0 amide bonds. The highest BCUT2D eigenvalue weighted by molar-refractivity contribution is 5.34. The number of nitrogens with one attached hydrogen (secondary N) is 2. The van der Waals surface area contributed by atoms with Crippen LogP contribution in [0.1, 0.15) is 36.2 Å². The summed E-state index contributed by atoms with van der Waals surface area (Å²) in [6.45, 7) is 2.09. The van der Waals surface area contributed by atoms with Crippen molar-refractivity contribution in [3.8, 4) is 0 Å². The Bertz CT molecular complexity index is 635. The first-order valence-electron chi connectivity index (χ1n) is 7.15. The van der Waals surface area contributed by atoms with Crippen molar-refractivity contribution in [2.24, 2.45) is 0 Å². The lowest BCUT2D eigenvalue weighted by molar-refractivity contribution is -0.384. The minimum absolute atomic E-state index is 0.131. The number of aryl methyl sites for hydroxylation is 1. The summed E-state index contributed by atoms with van der Waals surface area (Å²) in [6.07, 6.45) is 4.97. The number of benzene rings is 1. The van der Waals surface area contributed by atoms with E-state index >= 15 is 0 Å². The van der Waals surface area contributed by atoms with Gasteiger partial charge in [-0.05, 0) is 37.3 Å². The average molecular weight is 286 g/mol. The van der Waals surface area contributed by atoms with Crippen molar-refractivity contribution in [1.29, 1.82) is 0 Å². The summed E-state index contributed by atoms with van der Waals surface area (Å²) in [5, 5.41) is 21.4. The zero-order valence-electron chi connectivity index (χ0n) is 11.9. The molecule has 1 aliphatic rings. The van der Waals surface area contributed by atoms with Crippen molar-refractivity contribution < 1.29 is 4.92 Å². The van der Waals surface area contributed by atoms with Gasteiger partial charge in [-0.1, -0.05) is 12.1 Å². The highest BCUT2D eigenvalue weighted by Crippen LogP contribution is 2.23. The molecule has 0 fully saturated rings. The summed E-state index contributed by atoms with van der Waals surface area (Å²) in [5.74, 6) is 0. The van der Waals surface area contributed by atoms with Crippen LogP contribution in [0.5, 0.6) is 0 Å². The third-order valence-corrected chi connectivity index (χ3v) is 4.11. The van der Waals surface area contributed by atoms with Crippen LogP contribution < -0.4 is 5.32 Å². The molecule has 0 bridgehead atoms. The van der Waals surface area contributed by atoms with E-state index in [0.717, 1.165) is 24.8 Å². The Morgan fingerprint density at radius 1 is 1.43 bits per heavy atom. The first-order valence-corrected chi connectivity index (χ1v) is 7.15. The molecule has 0 saturated carbocycles. The second-order valence-electron chi connectivity index (χ2n) is 5.55. The van der Waals surface area contributed by atoms with Crippen LogP contribution in [-0.2, 0) is 12.8 Å². The standard InChI is InChI=1S/C15H18N4O2/c1-10(11-2-5-14(6-3-11)19(20)21)17-13-4-7-15-12(8-13)9-16-18-15/h2-3,5-6,9-10,13,17H,4,7-8H2,1H3,(H,16,18)/t10-,13-/m0/s1. The second-order valence-corrected chi connectivity index (χ2v) is 5.55. The van der Waals surface area contributed by atoms with Gasteiger partial charge < -0.3 is 5.32 Å². The Morgan fingerprint density at radius 3 is 2.90 bits per heavy atom. The molecule has 1 heterocycles. The van der Waals surface area contributed by atoms with Crippen LogP contribution in [0.15, 0.2) is 30.5 Å². The van der Waals surface area contributed by atoms with Crippen molar-refractivity contribution in [2.75, 3.05) is 0 Å². The minimum atomic E-state index is -0.372. The van der Waals surface area contributed by atoms with Gasteiger partial charge in [0.25, 0.3) is 5.69 Å². The number of H-pyrrole nitrogens is 1. The lowest BCUT2D eigenvalue weighted by Gasteiger charge is -2.26. The molecule has 6 heteroatoms. The average Bonchev–Trinajstić information content (AvgIpc) is 2.95. The van der Waals surface area contributed by atoms with Gasteiger partial charge >= 0.3 is 0 Å². The highest BCUT2D eigenvalue weighted by atomic mass is 16.6. The predicted octanol–water partition coefficient (Wildman–Crippen LogP) is 2.53. The molecular formula is C15H18N4O2. The fourth-order valence-electron chi connectivity index (χ4n) is 2.89.